The van der Waals surface area contributed by atoms with Crippen molar-refractivity contribution in [2.24, 2.45) is 0 Å². The normalized spacial score (nSPS) is 10.2. The Morgan fingerprint density at radius 1 is 1.04 bits per heavy atom. The summed E-state index contributed by atoms with van der Waals surface area (Å²) in [4.78, 5) is 23.1. The number of hydrogen-bond acceptors (Lipinski definition) is 4. The molecule has 0 aliphatic heterocycles. The predicted molar refractivity (Wildman–Crippen MR) is 94.3 cm³/mol. The third kappa shape index (κ3) is 5.53. The van der Waals surface area contributed by atoms with Crippen LogP contribution in [-0.2, 0) is 22.4 Å². The number of carbonyl (C=O) groups excluding carboxylic acids is 1. The number of hydrogen-bond donors (Lipinski definition) is 2. The number of para-hydroxylation sites is 1. The molecule has 0 radical (unpaired) electrons. The van der Waals surface area contributed by atoms with Crippen molar-refractivity contribution in [2.45, 2.75) is 19.3 Å². The maximum atomic E-state index is 12.2. The number of aliphatic carboxylic acids is 1. The van der Waals surface area contributed by atoms with Gasteiger partial charge in [0.25, 0.3) is 0 Å². The van der Waals surface area contributed by atoms with Crippen LogP contribution in [0.5, 0.6) is 11.5 Å². The van der Waals surface area contributed by atoms with Crippen LogP contribution in [0.25, 0.3) is 0 Å². The van der Waals surface area contributed by atoms with Gasteiger partial charge in [0.2, 0.25) is 5.91 Å². The summed E-state index contributed by atoms with van der Waals surface area (Å²) in [6.45, 7) is 0. The van der Waals surface area contributed by atoms with E-state index in [1.54, 1.807) is 44.6 Å². The number of rotatable bonds is 8. The molecule has 2 aromatic rings. The van der Waals surface area contributed by atoms with Gasteiger partial charge in [-0.2, -0.15) is 0 Å². The Morgan fingerprint density at radius 2 is 1.68 bits per heavy atom. The van der Waals surface area contributed by atoms with E-state index in [0.29, 0.717) is 29.2 Å². The van der Waals surface area contributed by atoms with Crippen molar-refractivity contribution in [1.82, 2.24) is 0 Å². The highest BCUT2D eigenvalue weighted by Crippen LogP contribution is 2.23. The van der Waals surface area contributed by atoms with Gasteiger partial charge in [-0.3, -0.25) is 9.59 Å². The number of ether oxygens (including phenoxy) is 2. The molecule has 0 saturated carbocycles. The second-order valence-electron chi connectivity index (χ2n) is 5.50. The lowest BCUT2D eigenvalue weighted by atomic mass is 10.1. The van der Waals surface area contributed by atoms with Gasteiger partial charge in [0.1, 0.15) is 11.5 Å². The number of amides is 1. The lowest BCUT2D eigenvalue weighted by molar-refractivity contribution is -0.136. The van der Waals surface area contributed by atoms with Crippen molar-refractivity contribution >= 4 is 17.6 Å². The average molecular weight is 343 g/mol. The molecule has 0 saturated heterocycles. The summed E-state index contributed by atoms with van der Waals surface area (Å²) >= 11 is 0. The standard InChI is InChI=1S/C19H21NO5/c1-24-15-9-13(10-16(12-15)25-2)7-8-18(21)20-17-6-4-3-5-14(17)11-19(22)23/h3-6,9-10,12H,7-8,11H2,1-2H3,(H,20,21)(H,22,23). The van der Waals surface area contributed by atoms with Crippen LogP contribution in [0, 0.1) is 0 Å². The summed E-state index contributed by atoms with van der Waals surface area (Å²) in [5.41, 5.74) is 2.02. The van der Waals surface area contributed by atoms with Crippen molar-refractivity contribution in [3.05, 3.63) is 53.6 Å². The third-order valence-electron chi connectivity index (χ3n) is 3.69. The monoisotopic (exact) mass is 343 g/mol. The van der Waals surface area contributed by atoms with Gasteiger partial charge in [-0.15, -0.1) is 0 Å². The first kappa shape index (κ1) is 18.3. The van der Waals surface area contributed by atoms with E-state index in [1.807, 2.05) is 12.1 Å². The molecule has 2 rings (SSSR count). The van der Waals surface area contributed by atoms with Crippen molar-refractivity contribution < 1.29 is 24.2 Å². The molecule has 0 atom stereocenters. The maximum Gasteiger partial charge on any atom is 0.307 e. The molecule has 132 valence electrons. The van der Waals surface area contributed by atoms with Crippen LogP contribution in [-0.4, -0.2) is 31.2 Å². The number of aryl methyl sites for hydroxylation is 1. The van der Waals surface area contributed by atoms with Crippen LogP contribution in [0.2, 0.25) is 0 Å². The Balaban J connectivity index is 2.01. The number of carbonyl (C=O) groups is 2. The Bertz CT molecular complexity index is 735. The van der Waals surface area contributed by atoms with Gasteiger partial charge in [-0.25, -0.2) is 0 Å². The Labute approximate surface area is 146 Å². The second-order valence-corrected chi connectivity index (χ2v) is 5.50. The van der Waals surface area contributed by atoms with E-state index in [4.69, 9.17) is 14.6 Å². The van der Waals surface area contributed by atoms with Gasteiger partial charge in [-0.1, -0.05) is 18.2 Å². The number of benzene rings is 2. The summed E-state index contributed by atoms with van der Waals surface area (Å²) in [7, 11) is 3.15. The van der Waals surface area contributed by atoms with E-state index in [9.17, 15) is 9.59 Å². The first-order valence-electron chi connectivity index (χ1n) is 7.83. The SMILES string of the molecule is COc1cc(CCC(=O)Nc2ccccc2CC(=O)O)cc(OC)c1. The smallest absolute Gasteiger partial charge is 0.307 e. The fourth-order valence-electron chi connectivity index (χ4n) is 2.44. The first-order valence-corrected chi connectivity index (χ1v) is 7.83. The van der Waals surface area contributed by atoms with Crippen LogP contribution in [0.4, 0.5) is 5.69 Å². The number of anilines is 1. The van der Waals surface area contributed by atoms with E-state index in [1.165, 1.54) is 0 Å². The van der Waals surface area contributed by atoms with E-state index in [0.717, 1.165) is 5.56 Å². The van der Waals surface area contributed by atoms with Gasteiger partial charge in [0.15, 0.2) is 0 Å². The van der Waals surface area contributed by atoms with Crippen LogP contribution < -0.4 is 14.8 Å². The highest BCUT2D eigenvalue weighted by atomic mass is 16.5. The minimum absolute atomic E-state index is 0.135. The van der Waals surface area contributed by atoms with Gasteiger partial charge in [0, 0.05) is 18.2 Å². The number of nitrogens with one attached hydrogen (secondary N) is 1. The molecule has 0 heterocycles. The van der Waals surface area contributed by atoms with Crippen molar-refractivity contribution in [3.63, 3.8) is 0 Å². The van der Waals surface area contributed by atoms with Gasteiger partial charge >= 0.3 is 5.97 Å². The molecule has 6 nitrogen and oxygen atoms in total. The Morgan fingerprint density at radius 3 is 2.28 bits per heavy atom. The molecule has 2 aromatic carbocycles. The van der Waals surface area contributed by atoms with E-state index >= 15 is 0 Å². The van der Waals surface area contributed by atoms with Gasteiger partial charge in [-0.05, 0) is 35.7 Å². The fourth-order valence-corrected chi connectivity index (χ4v) is 2.44. The summed E-state index contributed by atoms with van der Waals surface area (Å²) in [6, 6.07) is 12.4. The number of carboxylic acid groups (broad SMARTS) is 1. The summed E-state index contributed by atoms with van der Waals surface area (Å²) < 4.78 is 10.4. The number of carboxylic acids is 1. The molecule has 0 aliphatic carbocycles. The fraction of sp³-hybridized carbons (Fsp3) is 0.263. The average Bonchev–Trinajstić information content (AvgIpc) is 2.61. The highest BCUT2D eigenvalue weighted by Gasteiger charge is 2.10. The first-order chi connectivity index (χ1) is 12.0. The summed E-state index contributed by atoms with van der Waals surface area (Å²) in [6.07, 6.45) is 0.641. The topological polar surface area (TPSA) is 84.9 Å². The molecule has 2 N–H and O–H groups in total. The molecule has 6 heteroatoms. The molecular weight excluding hydrogens is 322 g/mol. The van der Waals surface area contributed by atoms with Gasteiger partial charge in [0.05, 0.1) is 20.6 Å². The summed E-state index contributed by atoms with van der Waals surface area (Å²) in [5.74, 6) is 0.216. The molecule has 0 aliphatic rings. The lowest BCUT2D eigenvalue weighted by Crippen LogP contribution is -2.14. The summed E-state index contributed by atoms with van der Waals surface area (Å²) in [5, 5.41) is 11.7. The Hall–Kier alpha value is -3.02. The zero-order valence-electron chi connectivity index (χ0n) is 14.2. The molecular formula is C19H21NO5. The van der Waals surface area contributed by atoms with Crippen LogP contribution in [0.15, 0.2) is 42.5 Å². The molecule has 0 aromatic heterocycles. The van der Waals surface area contributed by atoms with Gasteiger partial charge < -0.3 is 19.9 Å². The van der Waals surface area contributed by atoms with Crippen molar-refractivity contribution in [3.8, 4) is 11.5 Å². The second kappa shape index (κ2) is 8.73. The number of methoxy groups -OCH3 is 2. The van der Waals surface area contributed by atoms with Crippen LogP contribution in [0.1, 0.15) is 17.5 Å². The largest absolute Gasteiger partial charge is 0.497 e. The molecule has 25 heavy (non-hydrogen) atoms. The molecule has 0 bridgehead atoms. The molecule has 1 amide bonds. The predicted octanol–water partition coefficient (Wildman–Crippen LogP) is 2.90. The zero-order chi connectivity index (χ0) is 18.2. The molecule has 0 spiro atoms. The zero-order valence-corrected chi connectivity index (χ0v) is 14.2. The van der Waals surface area contributed by atoms with E-state index in [2.05, 4.69) is 5.32 Å². The quantitative estimate of drug-likeness (QED) is 0.770. The van der Waals surface area contributed by atoms with E-state index in [-0.39, 0.29) is 18.7 Å². The van der Waals surface area contributed by atoms with Crippen LogP contribution >= 0.6 is 0 Å². The Kier molecular flexibility index (Phi) is 6.39. The molecule has 0 unspecified atom stereocenters. The highest BCUT2D eigenvalue weighted by molar-refractivity contribution is 5.92. The van der Waals surface area contributed by atoms with Crippen LogP contribution in [0.3, 0.4) is 0 Å². The maximum absolute atomic E-state index is 12.2. The van der Waals surface area contributed by atoms with Crippen molar-refractivity contribution in [2.75, 3.05) is 19.5 Å². The minimum Gasteiger partial charge on any atom is -0.497 e. The lowest BCUT2D eigenvalue weighted by Gasteiger charge is -2.11. The molecule has 0 fully saturated rings. The third-order valence-corrected chi connectivity index (χ3v) is 3.69. The minimum atomic E-state index is -0.940. The van der Waals surface area contributed by atoms with Crippen molar-refractivity contribution in [1.29, 1.82) is 0 Å². The van der Waals surface area contributed by atoms with E-state index < -0.39 is 5.97 Å².